The van der Waals surface area contributed by atoms with E-state index in [1.165, 1.54) is 11.1 Å². The standard InChI is InChI=1S/C24H26ClN5O/c25-19-8-6-18(7-9-19)23(17-4-2-1-3-5-17)29-12-14-30(15-13-29)24(31)22-20-10-11-26-16-21(20)27-28-22/h1-9,23,26H,10-16H2,(H,27,28). The molecule has 3 heterocycles. The van der Waals surface area contributed by atoms with Crippen molar-refractivity contribution in [1.29, 1.82) is 0 Å². The van der Waals surface area contributed by atoms with Gasteiger partial charge in [0, 0.05) is 43.3 Å². The maximum absolute atomic E-state index is 13.2. The van der Waals surface area contributed by atoms with Crippen molar-refractivity contribution in [2.45, 2.75) is 19.0 Å². The number of piperazine rings is 1. The lowest BCUT2D eigenvalue weighted by atomic mass is 9.96. The highest BCUT2D eigenvalue weighted by atomic mass is 35.5. The Hall–Kier alpha value is -2.67. The summed E-state index contributed by atoms with van der Waals surface area (Å²) in [6.07, 6.45) is 0.847. The summed E-state index contributed by atoms with van der Waals surface area (Å²) in [5.41, 5.74) is 5.18. The number of halogens is 1. The van der Waals surface area contributed by atoms with Crippen LogP contribution in [0.15, 0.2) is 54.6 Å². The number of carbonyl (C=O) groups is 1. The van der Waals surface area contributed by atoms with Gasteiger partial charge in [-0.3, -0.25) is 14.8 Å². The Bertz CT molecular complexity index is 1040. The minimum atomic E-state index is 0.0433. The molecule has 2 aromatic carbocycles. The molecule has 0 bridgehead atoms. The summed E-state index contributed by atoms with van der Waals surface area (Å²) in [5, 5.41) is 11.4. The molecule has 1 saturated heterocycles. The van der Waals surface area contributed by atoms with Crippen LogP contribution in [0, 0.1) is 0 Å². The second-order valence-corrected chi connectivity index (χ2v) is 8.59. The predicted molar refractivity (Wildman–Crippen MR) is 121 cm³/mol. The van der Waals surface area contributed by atoms with E-state index in [2.05, 4.69) is 56.8 Å². The quantitative estimate of drug-likeness (QED) is 0.660. The molecule has 7 heteroatoms. The first-order chi connectivity index (χ1) is 15.2. The number of H-pyrrole nitrogens is 1. The highest BCUT2D eigenvalue weighted by Crippen LogP contribution is 2.30. The molecule has 0 aliphatic carbocycles. The predicted octanol–water partition coefficient (Wildman–Crippen LogP) is 3.26. The van der Waals surface area contributed by atoms with Gasteiger partial charge in [-0.15, -0.1) is 0 Å². The molecule has 1 atom stereocenters. The van der Waals surface area contributed by atoms with E-state index in [1.54, 1.807) is 0 Å². The summed E-state index contributed by atoms with van der Waals surface area (Å²) in [7, 11) is 0. The zero-order chi connectivity index (χ0) is 21.2. The molecule has 0 saturated carbocycles. The van der Waals surface area contributed by atoms with Crippen LogP contribution in [-0.4, -0.2) is 58.6 Å². The molecule has 6 nitrogen and oxygen atoms in total. The first kappa shape index (κ1) is 20.2. The van der Waals surface area contributed by atoms with Gasteiger partial charge in [0.1, 0.15) is 0 Å². The van der Waals surface area contributed by atoms with Crippen LogP contribution < -0.4 is 5.32 Å². The van der Waals surface area contributed by atoms with E-state index in [9.17, 15) is 4.79 Å². The first-order valence-corrected chi connectivity index (χ1v) is 11.2. The highest BCUT2D eigenvalue weighted by Gasteiger charge is 2.31. The van der Waals surface area contributed by atoms with E-state index in [4.69, 9.17) is 11.6 Å². The number of carbonyl (C=O) groups excluding carboxylic acids is 1. The molecule has 1 unspecified atom stereocenters. The van der Waals surface area contributed by atoms with Gasteiger partial charge < -0.3 is 10.2 Å². The lowest BCUT2D eigenvalue weighted by Gasteiger charge is -2.39. The molecule has 2 N–H and O–H groups in total. The third kappa shape index (κ3) is 4.11. The number of amides is 1. The average molecular weight is 436 g/mol. The Morgan fingerprint density at radius 3 is 2.42 bits per heavy atom. The van der Waals surface area contributed by atoms with Crippen molar-refractivity contribution in [2.75, 3.05) is 32.7 Å². The molecule has 1 amide bonds. The molecular weight excluding hydrogens is 410 g/mol. The topological polar surface area (TPSA) is 64.3 Å². The number of rotatable bonds is 4. The van der Waals surface area contributed by atoms with Gasteiger partial charge in [-0.25, -0.2) is 0 Å². The maximum atomic E-state index is 13.2. The molecule has 2 aliphatic rings. The molecule has 160 valence electrons. The fourth-order valence-electron chi connectivity index (χ4n) is 4.65. The van der Waals surface area contributed by atoms with Gasteiger partial charge in [0.2, 0.25) is 0 Å². The largest absolute Gasteiger partial charge is 0.335 e. The third-order valence-corrected chi connectivity index (χ3v) is 6.53. The Kier molecular flexibility index (Phi) is 5.76. The molecule has 3 aromatic rings. The van der Waals surface area contributed by atoms with Crippen molar-refractivity contribution in [1.82, 2.24) is 25.3 Å². The van der Waals surface area contributed by atoms with Gasteiger partial charge >= 0.3 is 0 Å². The molecule has 31 heavy (non-hydrogen) atoms. The average Bonchev–Trinajstić information content (AvgIpc) is 3.25. The van der Waals surface area contributed by atoms with Crippen LogP contribution in [0.4, 0.5) is 0 Å². The number of nitrogens with one attached hydrogen (secondary N) is 2. The van der Waals surface area contributed by atoms with E-state index in [0.29, 0.717) is 18.8 Å². The fourth-order valence-corrected chi connectivity index (χ4v) is 4.77. The van der Waals surface area contributed by atoms with Gasteiger partial charge in [0.25, 0.3) is 5.91 Å². The van der Waals surface area contributed by atoms with Crippen LogP contribution >= 0.6 is 11.6 Å². The summed E-state index contributed by atoms with van der Waals surface area (Å²) < 4.78 is 0. The second kappa shape index (κ2) is 8.83. The summed E-state index contributed by atoms with van der Waals surface area (Å²) in [6.45, 7) is 4.64. The molecule has 0 radical (unpaired) electrons. The van der Waals surface area contributed by atoms with Gasteiger partial charge in [0.05, 0.1) is 11.7 Å². The lowest BCUT2D eigenvalue weighted by Crippen LogP contribution is -2.50. The molecule has 2 aliphatic heterocycles. The number of nitrogens with zero attached hydrogens (tertiary/aromatic N) is 3. The van der Waals surface area contributed by atoms with Gasteiger partial charge in [-0.2, -0.15) is 5.10 Å². The van der Waals surface area contributed by atoms with Gasteiger partial charge in [0.15, 0.2) is 5.69 Å². The zero-order valence-electron chi connectivity index (χ0n) is 17.4. The summed E-state index contributed by atoms with van der Waals surface area (Å²) in [6, 6.07) is 18.8. The summed E-state index contributed by atoms with van der Waals surface area (Å²) >= 11 is 6.13. The van der Waals surface area contributed by atoms with Crippen molar-refractivity contribution in [2.24, 2.45) is 0 Å². The summed E-state index contributed by atoms with van der Waals surface area (Å²) in [5.74, 6) is 0.0433. The zero-order valence-corrected chi connectivity index (χ0v) is 18.1. The van der Waals surface area contributed by atoms with Crippen LogP contribution in [0.1, 0.15) is 38.9 Å². The smallest absolute Gasteiger partial charge is 0.274 e. The summed E-state index contributed by atoms with van der Waals surface area (Å²) in [4.78, 5) is 17.6. The Morgan fingerprint density at radius 1 is 0.968 bits per heavy atom. The highest BCUT2D eigenvalue weighted by molar-refractivity contribution is 6.30. The van der Waals surface area contributed by atoms with Crippen molar-refractivity contribution in [3.8, 4) is 0 Å². The number of aromatic nitrogens is 2. The maximum Gasteiger partial charge on any atom is 0.274 e. The normalized spacial score (nSPS) is 17.9. The van der Waals surface area contributed by atoms with Gasteiger partial charge in [-0.05, 0) is 36.2 Å². The number of hydrogen-bond donors (Lipinski definition) is 2. The number of benzene rings is 2. The van der Waals surface area contributed by atoms with E-state index in [0.717, 1.165) is 48.9 Å². The number of fused-ring (bicyclic) bond motifs is 1. The molecule has 0 spiro atoms. The van der Waals surface area contributed by atoms with Crippen LogP contribution in [0.5, 0.6) is 0 Å². The Labute approximate surface area is 187 Å². The lowest BCUT2D eigenvalue weighted by molar-refractivity contribution is 0.0590. The van der Waals surface area contributed by atoms with Crippen molar-refractivity contribution >= 4 is 17.5 Å². The molecule has 1 aromatic heterocycles. The SMILES string of the molecule is O=C(c1n[nH]c2c1CCNC2)N1CCN(C(c2ccccc2)c2ccc(Cl)cc2)CC1. The van der Waals surface area contributed by atoms with Crippen LogP contribution in [0.25, 0.3) is 0 Å². The Morgan fingerprint density at radius 2 is 1.68 bits per heavy atom. The molecular formula is C24H26ClN5O. The number of hydrogen-bond acceptors (Lipinski definition) is 4. The van der Waals surface area contributed by atoms with Crippen molar-refractivity contribution in [3.05, 3.63) is 87.7 Å². The van der Waals surface area contributed by atoms with E-state index < -0.39 is 0 Å². The molecule has 5 rings (SSSR count). The van der Waals surface area contributed by atoms with Crippen molar-refractivity contribution < 1.29 is 4.79 Å². The minimum Gasteiger partial charge on any atom is -0.335 e. The monoisotopic (exact) mass is 435 g/mol. The molecule has 1 fully saturated rings. The number of aromatic amines is 1. The van der Waals surface area contributed by atoms with Crippen LogP contribution in [0.2, 0.25) is 5.02 Å². The van der Waals surface area contributed by atoms with E-state index in [-0.39, 0.29) is 11.9 Å². The second-order valence-electron chi connectivity index (χ2n) is 8.15. The minimum absolute atomic E-state index is 0.0433. The van der Waals surface area contributed by atoms with E-state index in [1.807, 2.05) is 23.1 Å². The van der Waals surface area contributed by atoms with Crippen LogP contribution in [0.3, 0.4) is 0 Å². The first-order valence-electron chi connectivity index (χ1n) is 10.8. The third-order valence-electron chi connectivity index (χ3n) is 6.28. The van der Waals surface area contributed by atoms with E-state index >= 15 is 0 Å². The fraction of sp³-hybridized carbons (Fsp3) is 0.333. The van der Waals surface area contributed by atoms with Crippen molar-refractivity contribution in [3.63, 3.8) is 0 Å². The van der Waals surface area contributed by atoms with Gasteiger partial charge in [-0.1, -0.05) is 54.1 Å². The van der Waals surface area contributed by atoms with Crippen LogP contribution in [-0.2, 0) is 13.0 Å². The Balaban J connectivity index is 1.33.